The van der Waals surface area contributed by atoms with Gasteiger partial charge in [-0.3, -0.25) is 9.59 Å². The van der Waals surface area contributed by atoms with Crippen LogP contribution in [-0.4, -0.2) is 61.0 Å². The van der Waals surface area contributed by atoms with E-state index in [1.807, 2.05) is 12.0 Å². The topological polar surface area (TPSA) is 49.9 Å². The Balaban J connectivity index is 1.43. The van der Waals surface area contributed by atoms with Gasteiger partial charge in [-0.05, 0) is 44.4 Å². The van der Waals surface area contributed by atoms with E-state index in [0.717, 1.165) is 51.9 Å². The van der Waals surface area contributed by atoms with Crippen LogP contribution in [0.1, 0.15) is 51.9 Å². The third-order valence-electron chi connectivity index (χ3n) is 6.51. The van der Waals surface area contributed by atoms with E-state index in [4.69, 9.17) is 4.74 Å². The van der Waals surface area contributed by atoms with Gasteiger partial charge in [-0.2, -0.15) is 0 Å². The van der Waals surface area contributed by atoms with E-state index < -0.39 is 0 Å². The number of likely N-dealkylation sites (tertiary alicyclic amines) is 2. The Morgan fingerprint density at radius 2 is 1.65 bits per heavy atom. The fraction of sp³-hybridized carbons (Fsp3) is 0.889. The fourth-order valence-electron chi connectivity index (χ4n) is 4.64. The van der Waals surface area contributed by atoms with E-state index in [2.05, 4.69) is 4.90 Å². The Kier molecular flexibility index (Phi) is 4.95. The van der Waals surface area contributed by atoms with Crippen molar-refractivity contribution in [2.75, 3.05) is 33.3 Å². The Morgan fingerprint density at radius 3 is 2.13 bits per heavy atom. The highest BCUT2D eigenvalue weighted by molar-refractivity contribution is 5.76. The molecule has 1 spiro atoms. The smallest absolute Gasteiger partial charge is 0.222 e. The Morgan fingerprint density at radius 1 is 1.00 bits per heavy atom. The molecule has 23 heavy (non-hydrogen) atoms. The minimum absolute atomic E-state index is 0.157. The number of carbonyl (C=O) groups excluding carboxylic acids is 2. The molecule has 0 aromatic rings. The molecule has 3 fully saturated rings. The monoisotopic (exact) mass is 322 g/mol. The highest BCUT2D eigenvalue weighted by atomic mass is 16.5. The van der Waals surface area contributed by atoms with Crippen molar-refractivity contribution >= 4 is 11.8 Å². The van der Waals surface area contributed by atoms with Gasteiger partial charge < -0.3 is 14.5 Å². The first-order valence-corrected chi connectivity index (χ1v) is 9.10. The second-order valence-corrected chi connectivity index (χ2v) is 7.66. The third kappa shape index (κ3) is 3.39. The van der Waals surface area contributed by atoms with Crippen LogP contribution in [0.4, 0.5) is 0 Å². The van der Waals surface area contributed by atoms with Crippen LogP contribution in [0.2, 0.25) is 0 Å². The van der Waals surface area contributed by atoms with Gasteiger partial charge in [-0.25, -0.2) is 0 Å². The number of piperidine rings is 2. The van der Waals surface area contributed by atoms with Gasteiger partial charge >= 0.3 is 0 Å². The van der Waals surface area contributed by atoms with E-state index in [1.165, 1.54) is 12.8 Å². The summed E-state index contributed by atoms with van der Waals surface area (Å²) in [4.78, 5) is 27.9. The Bertz CT molecular complexity index is 447. The van der Waals surface area contributed by atoms with Crippen molar-refractivity contribution in [3.05, 3.63) is 0 Å². The second kappa shape index (κ2) is 6.80. The second-order valence-electron chi connectivity index (χ2n) is 7.66. The molecule has 2 amide bonds. The minimum Gasteiger partial charge on any atom is -0.381 e. The van der Waals surface area contributed by atoms with E-state index in [9.17, 15) is 9.59 Å². The maximum Gasteiger partial charge on any atom is 0.222 e. The molecule has 0 radical (unpaired) electrons. The molecule has 2 heterocycles. The molecule has 2 aliphatic heterocycles. The third-order valence-corrected chi connectivity index (χ3v) is 6.51. The molecule has 2 saturated heterocycles. The van der Waals surface area contributed by atoms with Gasteiger partial charge in [-0.1, -0.05) is 0 Å². The molecule has 5 nitrogen and oxygen atoms in total. The summed E-state index contributed by atoms with van der Waals surface area (Å²) in [5.41, 5.74) is 0.359. The number of rotatable bonds is 3. The summed E-state index contributed by atoms with van der Waals surface area (Å²) in [6.07, 6.45) is 7.64. The number of carbonyl (C=O) groups is 2. The van der Waals surface area contributed by atoms with Gasteiger partial charge in [0.15, 0.2) is 0 Å². The first-order valence-electron chi connectivity index (χ1n) is 9.10. The molecule has 0 aromatic heterocycles. The minimum atomic E-state index is 0.157. The maximum absolute atomic E-state index is 12.6. The van der Waals surface area contributed by atoms with Crippen molar-refractivity contribution in [1.29, 1.82) is 0 Å². The van der Waals surface area contributed by atoms with Crippen LogP contribution in [0, 0.1) is 11.3 Å². The summed E-state index contributed by atoms with van der Waals surface area (Å²) < 4.78 is 5.59. The largest absolute Gasteiger partial charge is 0.381 e. The molecule has 130 valence electrons. The summed E-state index contributed by atoms with van der Waals surface area (Å²) in [7, 11) is 1.82. The summed E-state index contributed by atoms with van der Waals surface area (Å²) in [5, 5.41) is 0. The molecule has 5 heteroatoms. The van der Waals surface area contributed by atoms with Gasteiger partial charge in [0.05, 0.1) is 6.10 Å². The van der Waals surface area contributed by atoms with Crippen molar-refractivity contribution in [3.63, 3.8) is 0 Å². The molecule has 1 aliphatic carbocycles. The molecule has 1 saturated carbocycles. The molecule has 0 N–H and O–H groups in total. The summed E-state index contributed by atoms with van der Waals surface area (Å²) >= 11 is 0. The zero-order valence-corrected chi connectivity index (χ0v) is 14.6. The van der Waals surface area contributed by atoms with Gasteiger partial charge in [-0.15, -0.1) is 0 Å². The van der Waals surface area contributed by atoms with E-state index in [0.29, 0.717) is 29.8 Å². The van der Waals surface area contributed by atoms with E-state index >= 15 is 0 Å². The quantitative estimate of drug-likeness (QED) is 0.799. The van der Waals surface area contributed by atoms with Crippen molar-refractivity contribution in [1.82, 2.24) is 9.80 Å². The molecular formula is C18H30N2O3. The first kappa shape index (κ1) is 16.7. The fourth-order valence-corrected chi connectivity index (χ4v) is 4.64. The Hall–Kier alpha value is -1.10. The van der Waals surface area contributed by atoms with Crippen molar-refractivity contribution in [2.45, 2.75) is 58.0 Å². The van der Waals surface area contributed by atoms with Gasteiger partial charge in [0.25, 0.3) is 0 Å². The standard InChI is InChI=1S/C18H30N2O3/c1-14(21)19-9-4-15(5-10-19)13-17(22)20-11-7-18(8-12-20)6-3-16(18)23-2/h15-16H,3-13H2,1-2H3. The number of hydrogen-bond donors (Lipinski definition) is 0. The highest BCUT2D eigenvalue weighted by Crippen LogP contribution is 2.50. The van der Waals surface area contributed by atoms with Crippen LogP contribution in [0.15, 0.2) is 0 Å². The average molecular weight is 322 g/mol. The molecule has 3 rings (SSSR count). The summed E-state index contributed by atoms with van der Waals surface area (Å²) in [6, 6.07) is 0. The lowest BCUT2D eigenvalue weighted by Crippen LogP contribution is -2.54. The summed E-state index contributed by atoms with van der Waals surface area (Å²) in [6.45, 7) is 5.04. The predicted octanol–water partition coefficient (Wildman–Crippen LogP) is 2.05. The highest BCUT2D eigenvalue weighted by Gasteiger charge is 2.48. The molecule has 3 aliphatic rings. The zero-order valence-electron chi connectivity index (χ0n) is 14.6. The normalized spacial score (nSPS) is 27.8. The lowest BCUT2D eigenvalue weighted by molar-refractivity contribution is -0.146. The van der Waals surface area contributed by atoms with Crippen molar-refractivity contribution in [2.24, 2.45) is 11.3 Å². The van der Waals surface area contributed by atoms with E-state index in [-0.39, 0.29) is 5.91 Å². The average Bonchev–Trinajstić information content (AvgIpc) is 2.55. The van der Waals surface area contributed by atoms with Crippen molar-refractivity contribution < 1.29 is 14.3 Å². The van der Waals surface area contributed by atoms with Crippen LogP contribution < -0.4 is 0 Å². The number of ether oxygens (including phenoxy) is 1. The number of methoxy groups -OCH3 is 1. The number of hydrogen-bond acceptors (Lipinski definition) is 3. The van der Waals surface area contributed by atoms with Gasteiger partial charge in [0.2, 0.25) is 11.8 Å². The van der Waals surface area contributed by atoms with Gasteiger partial charge in [0, 0.05) is 52.0 Å². The molecule has 0 bridgehead atoms. The summed E-state index contributed by atoms with van der Waals surface area (Å²) in [5.74, 6) is 0.920. The molecule has 0 aromatic carbocycles. The van der Waals surface area contributed by atoms with Crippen LogP contribution >= 0.6 is 0 Å². The lowest BCUT2D eigenvalue weighted by Gasteiger charge is -2.53. The molecular weight excluding hydrogens is 292 g/mol. The maximum atomic E-state index is 12.6. The van der Waals surface area contributed by atoms with Crippen LogP contribution in [0.3, 0.4) is 0 Å². The van der Waals surface area contributed by atoms with Crippen LogP contribution in [0.25, 0.3) is 0 Å². The lowest BCUT2D eigenvalue weighted by atomic mass is 9.60. The Labute approximate surface area is 139 Å². The SMILES string of the molecule is COC1CCC12CCN(C(=O)CC1CCN(C(C)=O)CC1)CC2. The predicted molar refractivity (Wildman–Crippen MR) is 87.9 cm³/mol. The van der Waals surface area contributed by atoms with Crippen LogP contribution in [0.5, 0.6) is 0 Å². The number of amides is 2. The van der Waals surface area contributed by atoms with E-state index in [1.54, 1.807) is 6.92 Å². The molecule has 1 atom stereocenters. The zero-order chi connectivity index (χ0) is 16.4. The first-order chi connectivity index (χ1) is 11.0. The molecule has 1 unspecified atom stereocenters. The van der Waals surface area contributed by atoms with Gasteiger partial charge in [0.1, 0.15) is 0 Å². The number of nitrogens with zero attached hydrogens (tertiary/aromatic N) is 2. The van der Waals surface area contributed by atoms with Crippen molar-refractivity contribution in [3.8, 4) is 0 Å². The van der Waals surface area contributed by atoms with Crippen LogP contribution in [-0.2, 0) is 14.3 Å².